The average molecular weight is 344 g/mol. The molecule has 1 atom stereocenters. The third-order valence-corrected chi connectivity index (χ3v) is 6.70. The molecule has 1 unspecified atom stereocenters. The van der Waals surface area contributed by atoms with E-state index in [1.165, 1.54) is 0 Å². The third-order valence-electron chi connectivity index (χ3n) is 3.35. The van der Waals surface area contributed by atoms with Crippen LogP contribution in [0.3, 0.4) is 0 Å². The van der Waals surface area contributed by atoms with Crippen LogP contribution >= 0.6 is 11.3 Å². The van der Waals surface area contributed by atoms with E-state index in [1.807, 2.05) is 0 Å². The van der Waals surface area contributed by atoms with E-state index in [0.29, 0.717) is 5.56 Å². The first-order chi connectivity index (χ1) is 10.4. The Morgan fingerprint density at radius 3 is 2.59 bits per heavy atom. The number of benzene rings is 1. The number of halogens is 2. The summed E-state index contributed by atoms with van der Waals surface area (Å²) < 4.78 is 56.2. The molecule has 116 valence electrons. The maximum absolute atomic E-state index is 13.6. The first-order valence-electron chi connectivity index (χ1n) is 6.35. The second-order valence-electron chi connectivity index (χ2n) is 4.76. The highest BCUT2D eigenvalue weighted by Gasteiger charge is 2.34. The summed E-state index contributed by atoms with van der Waals surface area (Å²) in [6.07, 6.45) is -0.760. The zero-order valence-electron chi connectivity index (χ0n) is 11.1. The van der Waals surface area contributed by atoms with E-state index in [1.54, 1.807) is 11.4 Å². The van der Waals surface area contributed by atoms with Crippen molar-refractivity contribution >= 4 is 27.1 Å². The van der Waals surface area contributed by atoms with Crippen LogP contribution in [0.15, 0.2) is 33.9 Å². The van der Waals surface area contributed by atoms with E-state index in [4.69, 9.17) is 4.74 Å². The molecule has 0 saturated carbocycles. The highest BCUT2D eigenvalue weighted by molar-refractivity contribution is 7.93. The predicted octanol–water partition coefficient (Wildman–Crippen LogP) is 3.10. The van der Waals surface area contributed by atoms with Crippen LogP contribution in [0.4, 0.5) is 8.78 Å². The molecule has 1 aliphatic heterocycles. The predicted molar refractivity (Wildman–Crippen MR) is 75.5 cm³/mol. The van der Waals surface area contributed by atoms with Gasteiger partial charge in [-0.15, -0.1) is 11.3 Å². The SMILES string of the molecule is O=C(OC1CCS(=O)(=O)c2sccc21)c1c(F)cccc1F. The van der Waals surface area contributed by atoms with Gasteiger partial charge in [-0.3, -0.25) is 0 Å². The van der Waals surface area contributed by atoms with Crippen molar-refractivity contribution in [3.63, 3.8) is 0 Å². The number of carbonyl (C=O) groups is 1. The summed E-state index contributed by atoms with van der Waals surface area (Å²) in [5.74, 6) is -3.34. The van der Waals surface area contributed by atoms with Gasteiger partial charge in [0.05, 0.1) is 5.75 Å². The van der Waals surface area contributed by atoms with Gasteiger partial charge in [0.25, 0.3) is 0 Å². The topological polar surface area (TPSA) is 60.4 Å². The van der Waals surface area contributed by atoms with Crippen LogP contribution in [0.2, 0.25) is 0 Å². The smallest absolute Gasteiger partial charge is 0.344 e. The Kier molecular flexibility index (Phi) is 3.73. The van der Waals surface area contributed by atoms with Gasteiger partial charge in [0.1, 0.15) is 27.5 Å². The fourth-order valence-electron chi connectivity index (χ4n) is 2.31. The monoisotopic (exact) mass is 344 g/mol. The van der Waals surface area contributed by atoms with Gasteiger partial charge in [-0.2, -0.15) is 0 Å². The van der Waals surface area contributed by atoms with Gasteiger partial charge in [-0.25, -0.2) is 22.0 Å². The molecule has 8 heteroatoms. The van der Waals surface area contributed by atoms with Gasteiger partial charge in [-0.1, -0.05) is 6.07 Å². The van der Waals surface area contributed by atoms with Crippen molar-refractivity contribution in [2.75, 3.05) is 5.75 Å². The molecular formula is C14H10F2O4S2. The van der Waals surface area contributed by atoms with Crippen LogP contribution in [-0.4, -0.2) is 20.1 Å². The molecule has 1 aromatic heterocycles. The van der Waals surface area contributed by atoms with Crippen LogP contribution in [0, 0.1) is 11.6 Å². The van der Waals surface area contributed by atoms with Crippen molar-refractivity contribution in [1.82, 2.24) is 0 Å². The van der Waals surface area contributed by atoms with Gasteiger partial charge in [0.2, 0.25) is 0 Å². The molecule has 2 aromatic rings. The molecule has 0 saturated heterocycles. The highest BCUT2D eigenvalue weighted by Crippen LogP contribution is 2.38. The van der Waals surface area contributed by atoms with Crippen LogP contribution in [-0.2, 0) is 14.6 Å². The first kappa shape index (κ1) is 15.1. The minimum Gasteiger partial charge on any atom is -0.454 e. The Balaban J connectivity index is 1.91. The lowest BCUT2D eigenvalue weighted by Gasteiger charge is -2.22. The molecule has 4 nitrogen and oxygen atoms in total. The molecule has 2 heterocycles. The van der Waals surface area contributed by atoms with Crippen LogP contribution in [0.5, 0.6) is 0 Å². The minimum atomic E-state index is -3.37. The summed E-state index contributed by atoms with van der Waals surface area (Å²) in [5.41, 5.74) is -0.408. The van der Waals surface area contributed by atoms with Crippen molar-refractivity contribution in [3.8, 4) is 0 Å². The fraction of sp³-hybridized carbons (Fsp3) is 0.214. The number of rotatable bonds is 2. The van der Waals surface area contributed by atoms with Gasteiger partial charge in [0, 0.05) is 12.0 Å². The molecule has 22 heavy (non-hydrogen) atoms. The molecule has 0 amide bonds. The van der Waals surface area contributed by atoms with E-state index < -0.39 is 39.1 Å². The fourth-order valence-corrected chi connectivity index (χ4v) is 5.26. The summed E-state index contributed by atoms with van der Waals surface area (Å²) in [5, 5.41) is 1.58. The van der Waals surface area contributed by atoms with E-state index >= 15 is 0 Å². The van der Waals surface area contributed by atoms with Gasteiger partial charge in [0.15, 0.2) is 9.84 Å². The zero-order valence-corrected chi connectivity index (χ0v) is 12.7. The number of carbonyl (C=O) groups excluding carboxylic acids is 1. The van der Waals surface area contributed by atoms with Crippen molar-refractivity contribution in [2.45, 2.75) is 16.7 Å². The average Bonchev–Trinajstić information content (AvgIpc) is 2.93. The van der Waals surface area contributed by atoms with Gasteiger partial charge in [-0.05, 0) is 23.6 Å². The minimum absolute atomic E-state index is 0.0634. The molecular weight excluding hydrogens is 334 g/mol. The Morgan fingerprint density at radius 1 is 1.23 bits per heavy atom. The Bertz CT molecular complexity index is 822. The number of ether oxygens (including phenoxy) is 1. The first-order valence-corrected chi connectivity index (χ1v) is 8.88. The Labute approximate surface area is 129 Å². The summed E-state index contributed by atoms with van der Waals surface area (Å²) in [6, 6.07) is 4.61. The molecule has 0 radical (unpaired) electrons. The second kappa shape index (κ2) is 5.44. The van der Waals surface area contributed by atoms with E-state index in [9.17, 15) is 22.0 Å². The summed E-state index contributed by atoms with van der Waals surface area (Å²) in [4.78, 5) is 12.0. The van der Waals surface area contributed by atoms with Crippen molar-refractivity contribution in [3.05, 3.63) is 52.4 Å². The standard InChI is InChI=1S/C14H10F2O4S2/c15-9-2-1-3-10(16)12(9)13(17)20-11-5-7-22(18,19)14-8(11)4-6-21-14/h1-4,6,11H,5,7H2. The number of sulfone groups is 1. The Morgan fingerprint density at radius 2 is 1.91 bits per heavy atom. The Hall–Kier alpha value is -1.80. The molecule has 0 spiro atoms. The van der Waals surface area contributed by atoms with Crippen LogP contribution in [0.25, 0.3) is 0 Å². The van der Waals surface area contributed by atoms with Gasteiger partial charge >= 0.3 is 5.97 Å². The summed E-state index contributed by atoms with van der Waals surface area (Å²) >= 11 is 1.04. The molecule has 1 aromatic carbocycles. The number of fused-ring (bicyclic) bond motifs is 1. The largest absolute Gasteiger partial charge is 0.454 e. The number of esters is 1. The lowest BCUT2D eigenvalue weighted by molar-refractivity contribution is 0.0269. The zero-order chi connectivity index (χ0) is 15.9. The highest BCUT2D eigenvalue weighted by atomic mass is 32.2. The lowest BCUT2D eigenvalue weighted by Crippen LogP contribution is -2.23. The summed E-state index contributed by atoms with van der Waals surface area (Å²) in [7, 11) is -3.37. The van der Waals surface area contributed by atoms with Crippen molar-refractivity contribution in [1.29, 1.82) is 0 Å². The number of thiophene rings is 1. The molecule has 3 rings (SSSR count). The normalized spacial score (nSPS) is 19.5. The maximum Gasteiger partial charge on any atom is 0.344 e. The van der Waals surface area contributed by atoms with Crippen LogP contribution < -0.4 is 0 Å². The number of hydrogen-bond acceptors (Lipinski definition) is 5. The third kappa shape index (κ3) is 2.52. The molecule has 0 fully saturated rings. The van der Waals surface area contributed by atoms with Crippen molar-refractivity contribution < 1.29 is 26.7 Å². The van der Waals surface area contributed by atoms with E-state index in [2.05, 4.69) is 0 Å². The number of hydrogen-bond donors (Lipinski definition) is 0. The molecule has 0 N–H and O–H groups in total. The molecule has 0 aliphatic carbocycles. The lowest BCUT2D eigenvalue weighted by atomic mass is 10.1. The maximum atomic E-state index is 13.6. The molecule has 0 bridgehead atoms. The quantitative estimate of drug-likeness (QED) is 0.786. The van der Waals surface area contributed by atoms with Crippen molar-refractivity contribution in [2.24, 2.45) is 0 Å². The molecule has 1 aliphatic rings. The second-order valence-corrected chi connectivity index (χ2v) is 7.98. The van der Waals surface area contributed by atoms with E-state index in [0.717, 1.165) is 29.5 Å². The van der Waals surface area contributed by atoms with E-state index in [-0.39, 0.29) is 16.4 Å². The van der Waals surface area contributed by atoms with Gasteiger partial charge < -0.3 is 4.74 Å². The summed E-state index contributed by atoms with van der Waals surface area (Å²) in [6.45, 7) is 0. The van der Waals surface area contributed by atoms with Crippen LogP contribution in [0.1, 0.15) is 28.4 Å².